The van der Waals surface area contributed by atoms with E-state index < -0.39 is 5.60 Å². The topological polar surface area (TPSA) is 64.5 Å². The van der Waals surface area contributed by atoms with Crippen molar-refractivity contribution in [2.24, 2.45) is 5.41 Å². The van der Waals surface area contributed by atoms with Gasteiger partial charge in [-0.3, -0.25) is 0 Å². The van der Waals surface area contributed by atoms with Gasteiger partial charge in [0.15, 0.2) is 0 Å². The second-order valence-electron chi connectivity index (χ2n) is 6.51. The Balaban J connectivity index is 1.83. The summed E-state index contributed by atoms with van der Waals surface area (Å²) in [6.07, 6.45) is 10.5. The third kappa shape index (κ3) is 2.59. The number of rotatable bonds is 3. The van der Waals surface area contributed by atoms with Crippen molar-refractivity contribution >= 4 is 0 Å². The Morgan fingerprint density at radius 3 is 2.24 bits per heavy atom. The molecule has 1 aromatic heterocycles. The molecule has 0 radical (unpaired) electrons. The van der Waals surface area contributed by atoms with Crippen LogP contribution in [-0.4, -0.2) is 29.3 Å². The summed E-state index contributed by atoms with van der Waals surface area (Å²) in [6.45, 7) is 0. The highest BCUT2D eigenvalue weighted by molar-refractivity contribution is 5.28. The molecule has 3 rings (SSSR count). The van der Waals surface area contributed by atoms with Crippen LogP contribution in [0.1, 0.15) is 57.1 Å². The van der Waals surface area contributed by atoms with Crippen LogP contribution in [0.15, 0.2) is 6.20 Å². The van der Waals surface area contributed by atoms with Crippen molar-refractivity contribution < 1.29 is 14.6 Å². The highest BCUT2D eigenvalue weighted by Crippen LogP contribution is 2.54. The Kier molecular flexibility index (Phi) is 3.78. The first-order valence-corrected chi connectivity index (χ1v) is 7.79. The molecule has 1 aromatic rings. The lowest BCUT2D eigenvalue weighted by Gasteiger charge is -2.41. The SMILES string of the molecule is COc1cnc(C2(O)CCC3(CCCC3)CC2)c(OC)n1. The van der Waals surface area contributed by atoms with Crippen molar-refractivity contribution in [2.45, 2.75) is 57.0 Å². The first-order chi connectivity index (χ1) is 10.1. The molecule has 2 aliphatic rings. The average molecular weight is 292 g/mol. The molecule has 2 saturated carbocycles. The molecule has 0 aliphatic heterocycles. The smallest absolute Gasteiger partial charge is 0.241 e. The third-order valence-corrected chi connectivity index (χ3v) is 5.36. The summed E-state index contributed by atoms with van der Waals surface area (Å²) in [5.41, 5.74) is 0.108. The summed E-state index contributed by atoms with van der Waals surface area (Å²) in [4.78, 5) is 8.62. The number of aromatic nitrogens is 2. The van der Waals surface area contributed by atoms with Crippen LogP contribution in [0.2, 0.25) is 0 Å². The predicted molar refractivity (Wildman–Crippen MR) is 78.4 cm³/mol. The van der Waals surface area contributed by atoms with E-state index in [1.54, 1.807) is 20.4 Å². The highest BCUT2D eigenvalue weighted by Gasteiger charge is 2.45. The molecule has 2 fully saturated rings. The lowest BCUT2D eigenvalue weighted by atomic mass is 9.67. The van der Waals surface area contributed by atoms with E-state index in [0.717, 1.165) is 25.7 Å². The van der Waals surface area contributed by atoms with Gasteiger partial charge in [0.1, 0.15) is 11.3 Å². The monoisotopic (exact) mass is 292 g/mol. The summed E-state index contributed by atoms with van der Waals surface area (Å²) >= 11 is 0. The van der Waals surface area contributed by atoms with Gasteiger partial charge in [-0.1, -0.05) is 12.8 Å². The number of aliphatic hydroxyl groups is 1. The van der Waals surface area contributed by atoms with E-state index in [9.17, 15) is 5.11 Å². The fourth-order valence-corrected chi connectivity index (χ4v) is 3.97. The molecule has 5 heteroatoms. The molecule has 0 amide bonds. The van der Waals surface area contributed by atoms with Gasteiger partial charge < -0.3 is 14.6 Å². The Morgan fingerprint density at radius 2 is 1.67 bits per heavy atom. The zero-order chi connectivity index (χ0) is 14.9. The van der Waals surface area contributed by atoms with E-state index in [-0.39, 0.29) is 0 Å². The van der Waals surface area contributed by atoms with Gasteiger partial charge in [-0.05, 0) is 43.9 Å². The zero-order valence-corrected chi connectivity index (χ0v) is 12.9. The van der Waals surface area contributed by atoms with Gasteiger partial charge in [-0.15, -0.1) is 0 Å². The lowest BCUT2D eigenvalue weighted by Crippen LogP contribution is -2.37. The molecule has 1 N–H and O–H groups in total. The molecule has 116 valence electrons. The minimum absolute atomic E-state index is 0.374. The second-order valence-corrected chi connectivity index (χ2v) is 6.51. The van der Waals surface area contributed by atoms with Crippen molar-refractivity contribution in [1.82, 2.24) is 9.97 Å². The third-order valence-electron chi connectivity index (χ3n) is 5.36. The van der Waals surface area contributed by atoms with Crippen LogP contribution >= 0.6 is 0 Å². The molecule has 0 atom stereocenters. The van der Waals surface area contributed by atoms with Crippen LogP contribution in [0.5, 0.6) is 11.8 Å². The summed E-state index contributed by atoms with van der Waals surface area (Å²) in [5.74, 6) is 0.779. The van der Waals surface area contributed by atoms with E-state index >= 15 is 0 Å². The van der Waals surface area contributed by atoms with Gasteiger partial charge in [0.2, 0.25) is 11.8 Å². The zero-order valence-electron chi connectivity index (χ0n) is 12.9. The van der Waals surface area contributed by atoms with E-state index in [0.29, 0.717) is 22.9 Å². The van der Waals surface area contributed by atoms with E-state index in [1.807, 2.05) is 0 Å². The largest absolute Gasteiger partial charge is 0.480 e. The van der Waals surface area contributed by atoms with E-state index in [1.165, 1.54) is 25.7 Å². The van der Waals surface area contributed by atoms with Crippen LogP contribution < -0.4 is 9.47 Å². The molecule has 0 aromatic carbocycles. The quantitative estimate of drug-likeness (QED) is 0.928. The van der Waals surface area contributed by atoms with Crippen LogP contribution in [-0.2, 0) is 5.60 Å². The molecular formula is C16H24N2O3. The van der Waals surface area contributed by atoms with Gasteiger partial charge in [-0.2, -0.15) is 4.98 Å². The maximum Gasteiger partial charge on any atom is 0.241 e. The van der Waals surface area contributed by atoms with Crippen molar-refractivity contribution in [2.75, 3.05) is 14.2 Å². The average Bonchev–Trinajstić information content (AvgIpc) is 2.99. The number of hydrogen-bond donors (Lipinski definition) is 1. The molecule has 2 aliphatic carbocycles. The molecule has 1 spiro atoms. The fraction of sp³-hybridized carbons (Fsp3) is 0.750. The lowest BCUT2D eigenvalue weighted by molar-refractivity contribution is -0.0428. The number of ether oxygens (including phenoxy) is 2. The minimum Gasteiger partial charge on any atom is -0.480 e. The Morgan fingerprint density at radius 1 is 1.00 bits per heavy atom. The van der Waals surface area contributed by atoms with Crippen molar-refractivity contribution in [3.05, 3.63) is 11.9 Å². The highest BCUT2D eigenvalue weighted by atomic mass is 16.5. The fourth-order valence-electron chi connectivity index (χ4n) is 3.97. The van der Waals surface area contributed by atoms with E-state index in [4.69, 9.17) is 9.47 Å². The van der Waals surface area contributed by atoms with E-state index in [2.05, 4.69) is 9.97 Å². The van der Waals surface area contributed by atoms with Gasteiger partial charge in [0, 0.05) is 0 Å². The minimum atomic E-state index is -0.918. The Bertz CT molecular complexity index is 502. The number of hydrogen-bond acceptors (Lipinski definition) is 5. The Hall–Kier alpha value is -1.36. The summed E-state index contributed by atoms with van der Waals surface area (Å²) in [5, 5.41) is 11.0. The number of methoxy groups -OCH3 is 2. The normalized spacial score (nSPS) is 23.2. The molecule has 1 heterocycles. The van der Waals surface area contributed by atoms with Crippen LogP contribution in [0, 0.1) is 5.41 Å². The molecule has 0 unspecified atom stereocenters. The van der Waals surface area contributed by atoms with Crippen LogP contribution in [0.4, 0.5) is 0 Å². The van der Waals surface area contributed by atoms with Gasteiger partial charge in [0.05, 0.1) is 20.4 Å². The predicted octanol–water partition coefficient (Wildman–Crippen LogP) is 2.82. The summed E-state index contributed by atoms with van der Waals surface area (Å²) < 4.78 is 10.4. The summed E-state index contributed by atoms with van der Waals surface area (Å²) in [7, 11) is 3.10. The van der Waals surface area contributed by atoms with Crippen LogP contribution in [0.3, 0.4) is 0 Å². The van der Waals surface area contributed by atoms with Gasteiger partial charge in [-0.25, -0.2) is 4.98 Å². The molecular weight excluding hydrogens is 268 g/mol. The molecule has 0 saturated heterocycles. The standard InChI is InChI=1S/C16H24N2O3/c1-20-12-11-17-13(14(18-12)21-2)16(19)9-7-15(8-10-16)5-3-4-6-15/h11,19H,3-10H2,1-2H3. The van der Waals surface area contributed by atoms with Gasteiger partial charge >= 0.3 is 0 Å². The van der Waals surface area contributed by atoms with Crippen LogP contribution in [0.25, 0.3) is 0 Å². The number of nitrogens with zero attached hydrogens (tertiary/aromatic N) is 2. The molecule has 21 heavy (non-hydrogen) atoms. The molecule has 0 bridgehead atoms. The first-order valence-electron chi connectivity index (χ1n) is 7.79. The second kappa shape index (κ2) is 5.44. The molecule has 5 nitrogen and oxygen atoms in total. The first kappa shape index (κ1) is 14.6. The summed E-state index contributed by atoms with van der Waals surface area (Å²) in [6, 6.07) is 0. The van der Waals surface area contributed by atoms with Crippen molar-refractivity contribution in [3.63, 3.8) is 0 Å². The maximum atomic E-state index is 11.0. The van der Waals surface area contributed by atoms with Crippen molar-refractivity contribution in [3.8, 4) is 11.8 Å². The maximum absolute atomic E-state index is 11.0. The van der Waals surface area contributed by atoms with Gasteiger partial charge in [0.25, 0.3) is 0 Å². The van der Waals surface area contributed by atoms with Crippen molar-refractivity contribution in [1.29, 1.82) is 0 Å². The Labute approximate surface area is 125 Å².